The van der Waals surface area contributed by atoms with Crippen molar-refractivity contribution in [3.8, 4) is 0 Å². The Bertz CT molecular complexity index is 1210. The molecule has 0 aliphatic heterocycles. The summed E-state index contributed by atoms with van der Waals surface area (Å²) in [4.78, 5) is 0. The number of halogens is 2. The first kappa shape index (κ1) is 25.7. The van der Waals surface area contributed by atoms with Gasteiger partial charge >= 0.3 is 237 Å². The molecule has 0 heterocycles. The summed E-state index contributed by atoms with van der Waals surface area (Å²) in [6, 6.07) is 39.7. The molecule has 0 saturated heterocycles. The van der Waals surface area contributed by atoms with Crippen molar-refractivity contribution in [1.29, 1.82) is 0 Å². The first-order valence-electron chi connectivity index (χ1n) is 11.2. The van der Waals surface area contributed by atoms with E-state index in [0.717, 1.165) is 17.8 Å². The molecule has 0 unspecified atom stereocenters. The van der Waals surface area contributed by atoms with Gasteiger partial charge in [0, 0.05) is 0 Å². The Kier molecular flexibility index (Phi) is 8.93. The Morgan fingerprint density at radius 2 is 0.500 bits per heavy atom. The number of rotatable bonds is 8. The molecule has 0 aliphatic carbocycles. The SMILES string of the molecule is Fc1c([Se]c2ccccc2)c([Se]c2ccccc2)c(F)c([Se]c2ccccc2)c1[Se]c1ccccc1. The van der Waals surface area contributed by atoms with Gasteiger partial charge in [-0.3, -0.25) is 0 Å². The maximum absolute atomic E-state index is 16.6. The van der Waals surface area contributed by atoms with E-state index in [1.807, 2.05) is 121 Å². The predicted molar refractivity (Wildman–Crippen MR) is 152 cm³/mol. The van der Waals surface area contributed by atoms with Crippen molar-refractivity contribution in [3.63, 3.8) is 0 Å². The first-order chi connectivity index (χ1) is 17.7. The molecule has 0 fully saturated rings. The zero-order valence-electron chi connectivity index (χ0n) is 18.9. The Labute approximate surface area is 235 Å². The van der Waals surface area contributed by atoms with Crippen LogP contribution in [0, 0.1) is 11.6 Å². The van der Waals surface area contributed by atoms with Gasteiger partial charge in [0.25, 0.3) is 0 Å². The molecule has 0 amide bonds. The molecule has 5 rings (SSSR count). The summed E-state index contributed by atoms with van der Waals surface area (Å²) in [5.74, 6) is -0.408. The van der Waals surface area contributed by atoms with E-state index in [1.165, 1.54) is 0 Å². The molecule has 6 heteroatoms. The summed E-state index contributed by atoms with van der Waals surface area (Å²) < 4.78 is 39.7. The molecule has 5 aromatic rings. The number of hydrogen-bond acceptors (Lipinski definition) is 0. The number of benzene rings is 5. The minimum absolute atomic E-state index is 0.204. The average molecular weight is 734 g/mol. The second-order valence-corrected chi connectivity index (χ2v) is 16.7. The van der Waals surface area contributed by atoms with Crippen LogP contribution in [0.2, 0.25) is 0 Å². The van der Waals surface area contributed by atoms with E-state index in [4.69, 9.17) is 0 Å². The molecular weight excluding hydrogens is 714 g/mol. The quantitative estimate of drug-likeness (QED) is 0.205. The molecule has 0 aromatic heterocycles. The first-order valence-corrected chi connectivity index (χ1v) is 18.0. The topological polar surface area (TPSA) is 0 Å². The van der Waals surface area contributed by atoms with Gasteiger partial charge in [-0.1, -0.05) is 0 Å². The van der Waals surface area contributed by atoms with Crippen molar-refractivity contribution in [2.45, 2.75) is 0 Å². The van der Waals surface area contributed by atoms with Gasteiger partial charge in [-0.05, 0) is 0 Å². The van der Waals surface area contributed by atoms with Gasteiger partial charge in [0.05, 0.1) is 0 Å². The van der Waals surface area contributed by atoms with E-state index in [9.17, 15) is 0 Å². The summed E-state index contributed by atoms with van der Waals surface area (Å²) >= 11 is -1.34. The third kappa shape index (κ3) is 6.29. The zero-order chi connectivity index (χ0) is 24.7. The van der Waals surface area contributed by atoms with Crippen molar-refractivity contribution in [3.05, 3.63) is 133 Å². The Morgan fingerprint density at radius 1 is 0.306 bits per heavy atom. The normalized spacial score (nSPS) is 10.9. The van der Waals surface area contributed by atoms with Gasteiger partial charge in [-0.25, -0.2) is 0 Å². The van der Waals surface area contributed by atoms with Gasteiger partial charge in [0.15, 0.2) is 0 Å². The van der Waals surface area contributed by atoms with E-state index in [1.54, 1.807) is 0 Å². The van der Waals surface area contributed by atoms with Crippen LogP contribution < -0.4 is 35.7 Å². The van der Waals surface area contributed by atoms with Crippen LogP contribution in [0.5, 0.6) is 0 Å². The van der Waals surface area contributed by atoms with Gasteiger partial charge in [0.1, 0.15) is 0 Å². The van der Waals surface area contributed by atoms with Crippen LogP contribution >= 0.6 is 0 Å². The Balaban J connectivity index is 1.70. The van der Waals surface area contributed by atoms with E-state index in [-0.39, 0.29) is 71.5 Å². The molecule has 178 valence electrons. The second kappa shape index (κ2) is 12.5. The van der Waals surface area contributed by atoms with Gasteiger partial charge in [0.2, 0.25) is 0 Å². The van der Waals surface area contributed by atoms with Gasteiger partial charge < -0.3 is 0 Å². The number of hydrogen-bond donors (Lipinski definition) is 0. The average Bonchev–Trinajstić information content (AvgIpc) is 2.93. The maximum atomic E-state index is 16.6. The summed E-state index contributed by atoms with van der Waals surface area (Å²) in [5, 5.41) is 0. The molecule has 36 heavy (non-hydrogen) atoms. The fourth-order valence-electron chi connectivity index (χ4n) is 3.40. The van der Waals surface area contributed by atoms with Gasteiger partial charge in [-0.2, -0.15) is 0 Å². The molecule has 0 aliphatic rings. The minimum atomic E-state index is -0.335. The summed E-state index contributed by atoms with van der Waals surface area (Å²) in [5.41, 5.74) is 0. The van der Waals surface area contributed by atoms with E-state index in [0.29, 0.717) is 17.8 Å². The molecule has 0 atom stereocenters. The van der Waals surface area contributed by atoms with Crippen molar-refractivity contribution >= 4 is 95.5 Å². The van der Waals surface area contributed by atoms with Crippen molar-refractivity contribution in [2.24, 2.45) is 0 Å². The van der Waals surface area contributed by atoms with Crippen molar-refractivity contribution in [2.75, 3.05) is 0 Å². The molecule has 0 spiro atoms. The molecule has 5 aromatic carbocycles. The zero-order valence-corrected chi connectivity index (χ0v) is 25.8. The van der Waals surface area contributed by atoms with E-state index < -0.39 is 0 Å². The molecular formula is C30H20F2Se4. The summed E-state index contributed by atoms with van der Waals surface area (Å²) in [6.45, 7) is 0. The molecule has 0 bridgehead atoms. The third-order valence-electron chi connectivity index (χ3n) is 5.06. The van der Waals surface area contributed by atoms with Crippen molar-refractivity contribution < 1.29 is 8.78 Å². The second-order valence-electron chi connectivity index (χ2n) is 7.60. The van der Waals surface area contributed by atoms with Crippen LogP contribution in [0.1, 0.15) is 0 Å². The monoisotopic (exact) mass is 738 g/mol. The van der Waals surface area contributed by atoms with E-state index in [2.05, 4.69) is 0 Å². The Morgan fingerprint density at radius 3 is 0.694 bits per heavy atom. The van der Waals surface area contributed by atoms with Crippen LogP contribution in [0.15, 0.2) is 121 Å². The summed E-state index contributed by atoms with van der Waals surface area (Å²) in [7, 11) is 0. The fraction of sp³-hybridized carbons (Fsp3) is 0. The summed E-state index contributed by atoms with van der Waals surface area (Å²) in [6.07, 6.45) is 0. The molecule has 0 saturated carbocycles. The van der Waals surface area contributed by atoms with Crippen LogP contribution in [0.3, 0.4) is 0 Å². The molecule has 0 nitrogen and oxygen atoms in total. The predicted octanol–water partition coefficient (Wildman–Crippen LogP) is 0.585. The fourth-order valence-corrected chi connectivity index (χ4v) is 13.4. The van der Waals surface area contributed by atoms with Crippen molar-refractivity contribution in [1.82, 2.24) is 0 Å². The van der Waals surface area contributed by atoms with Crippen LogP contribution in [-0.4, -0.2) is 59.8 Å². The molecule has 0 radical (unpaired) electrons. The van der Waals surface area contributed by atoms with Crippen LogP contribution in [0.25, 0.3) is 0 Å². The third-order valence-corrected chi connectivity index (χ3v) is 15.6. The standard InChI is InChI=1S/C30H20F2Se4/c31-25-27(33-21-13-5-1-6-14-21)28(34-22-15-7-2-8-16-22)26(32)30(36-24-19-11-4-12-20-24)29(25)35-23-17-9-3-10-18-23/h1-20H. The Hall–Kier alpha value is -1.96. The van der Waals surface area contributed by atoms with E-state index >= 15 is 8.78 Å². The van der Waals surface area contributed by atoms with Crippen LogP contribution in [-0.2, 0) is 0 Å². The molecule has 0 N–H and O–H groups in total. The van der Waals surface area contributed by atoms with Gasteiger partial charge in [-0.15, -0.1) is 0 Å². The van der Waals surface area contributed by atoms with Crippen LogP contribution in [0.4, 0.5) is 8.78 Å².